The first-order valence-electron chi connectivity index (χ1n) is 5.65. The number of rotatable bonds is 2. The molecule has 7 heteroatoms. The van der Waals surface area contributed by atoms with Crippen molar-refractivity contribution in [3.05, 3.63) is 51.0 Å². The van der Waals surface area contributed by atoms with E-state index in [0.29, 0.717) is 28.2 Å². The number of nitrogens with zero attached hydrogens (tertiary/aromatic N) is 2. The summed E-state index contributed by atoms with van der Waals surface area (Å²) in [5.41, 5.74) is 8.00. The Morgan fingerprint density at radius 3 is 2.75 bits per heavy atom. The van der Waals surface area contributed by atoms with Gasteiger partial charge in [0.25, 0.3) is 5.69 Å². The summed E-state index contributed by atoms with van der Waals surface area (Å²) in [5.74, 6) is 0.375. The number of nitro groups is 1. The summed E-state index contributed by atoms with van der Waals surface area (Å²) in [7, 11) is 0. The number of non-ortho nitro benzene ring substituents is 1. The molecular weight excluding hydrogens is 326 g/mol. The Morgan fingerprint density at radius 2 is 2.05 bits per heavy atom. The van der Waals surface area contributed by atoms with Gasteiger partial charge < -0.3 is 10.2 Å². The van der Waals surface area contributed by atoms with E-state index in [9.17, 15) is 10.1 Å². The third-order valence-corrected chi connectivity index (χ3v) is 3.55. The molecule has 6 nitrogen and oxygen atoms in total. The molecular formula is C13H8BrN3O3. The van der Waals surface area contributed by atoms with Crippen LogP contribution in [0.4, 0.5) is 11.4 Å². The summed E-state index contributed by atoms with van der Waals surface area (Å²) in [6.45, 7) is 0. The van der Waals surface area contributed by atoms with Crippen LogP contribution in [0.2, 0.25) is 0 Å². The Morgan fingerprint density at radius 1 is 1.25 bits per heavy atom. The highest BCUT2D eigenvalue weighted by Gasteiger charge is 2.13. The maximum atomic E-state index is 10.7. The second-order valence-electron chi connectivity index (χ2n) is 4.16. The van der Waals surface area contributed by atoms with E-state index in [0.717, 1.165) is 4.47 Å². The SMILES string of the molecule is Nc1cc(-c2nc3cc([N+](=O)[O-])ccc3o2)ccc1Br. The van der Waals surface area contributed by atoms with Crippen LogP contribution >= 0.6 is 15.9 Å². The van der Waals surface area contributed by atoms with Crippen LogP contribution in [-0.4, -0.2) is 9.91 Å². The van der Waals surface area contributed by atoms with E-state index in [1.807, 2.05) is 0 Å². The molecule has 0 aliphatic carbocycles. The number of nitro benzene ring substituents is 1. The zero-order valence-electron chi connectivity index (χ0n) is 10.0. The average Bonchev–Trinajstić information content (AvgIpc) is 2.84. The van der Waals surface area contributed by atoms with Gasteiger partial charge in [0.1, 0.15) is 5.52 Å². The molecule has 0 fully saturated rings. The maximum Gasteiger partial charge on any atom is 0.271 e. The van der Waals surface area contributed by atoms with Crippen LogP contribution in [0.25, 0.3) is 22.6 Å². The zero-order valence-corrected chi connectivity index (χ0v) is 11.6. The predicted molar refractivity (Wildman–Crippen MR) is 78.2 cm³/mol. The van der Waals surface area contributed by atoms with Gasteiger partial charge in [-0.05, 0) is 40.2 Å². The minimum absolute atomic E-state index is 0.0207. The summed E-state index contributed by atoms with van der Waals surface area (Å²) in [6, 6.07) is 9.62. The van der Waals surface area contributed by atoms with Gasteiger partial charge in [0.2, 0.25) is 5.89 Å². The molecule has 1 heterocycles. The number of halogens is 1. The molecule has 3 rings (SSSR count). The van der Waals surface area contributed by atoms with Crippen molar-refractivity contribution in [2.45, 2.75) is 0 Å². The van der Waals surface area contributed by atoms with E-state index in [4.69, 9.17) is 10.2 Å². The van der Waals surface area contributed by atoms with Crippen molar-refractivity contribution in [2.24, 2.45) is 0 Å². The Kier molecular flexibility index (Phi) is 2.90. The smallest absolute Gasteiger partial charge is 0.271 e. The second kappa shape index (κ2) is 4.61. The third-order valence-electron chi connectivity index (χ3n) is 2.82. The monoisotopic (exact) mass is 333 g/mol. The van der Waals surface area contributed by atoms with Crippen LogP contribution in [0.1, 0.15) is 0 Å². The van der Waals surface area contributed by atoms with E-state index in [1.165, 1.54) is 18.2 Å². The van der Waals surface area contributed by atoms with E-state index in [1.54, 1.807) is 18.2 Å². The molecule has 0 radical (unpaired) electrons. The maximum absolute atomic E-state index is 10.7. The van der Waals surface area contributed by atoms with Crippen molar-refractivity contribution < 1.29 is 9.34 Å². The minimum Gasteiger partial charge on any atom is -0.436 e. The van der Waals surface area contributed by atoms with E-state index in [2.05, 4.69) is 20.9 Å². The highest BCUT2D eigenvalue weighted by Crippen LogP contribution is 2.30. The minimum atomic E-state index is -0.467. The molecule has 0 bridgehead atoms. The Hall–Kier alpha value is -2.41. The number of hydrogen-bond donors (Lipinski definition) is 1. The van der Waals surface area contributed by atoms with Crippen LogP contribution in [0.15, 0.2) is 45.3 Å². The number of fused-ring (bicyclic) bond motifs is 1. The Bertz CT molecular complexity index is 829. The zero-order chi connectivity index (χ0) is 14.3. The van der Waals surface area contributed by atoms with E-state index >= 15 is 0 Å². The van der Waals surface area contributed by atoms with Crippen LogP contribution in [0.5, 0.6) is 0 Å². The highest BCUT2D eigenvalue weighted by molar-refractivity contribution is 9.10. The van der Waals surface area contributed by atoms with Crippen LogP contribution in [0, 0.1) is 10.1 Å². The predicted octanol–water partition coefficient (Wildman–Crippen LogP) is 3.75. The van der Waals surface area contributed by atoms with Crippen molar-refractivity contribution in [3.63, 3.8) is 0 Å². The van der Waals surface area contributed by atoms with Crippen molar-refractivity contribution in [1.29, 1.82) is 0 Å². The number of benzene rings is 2. The molecule has 100 valence electrons. The van der Waals surface area contributed by atoms with Crippen LogP contribution in [0.3, 0.4) is 0 Å². The van der Waals surface area contributed by atoms with Gasteiger partial charge in [0.15, 0.2) is 5.58 Å². The van der Waals surface area contributed by atoms with Crippen molar-refractivity contribution >= 4 is 38.4 Å². The lowest BCUT2D eigenvalue weighted by Crippen LogP contribution is -1.87. The summed E-state index contributed by atoms with van der Waals surface area (Å²) in [6.07, 6.45) is 0. The normalized spacial score (nSPS) is 10.8. The lowest BCUT2D eigenvalue weighted by atomic mass is 10.2. The summed E-state index contributed by atoms with van der Waals surface area (Å²) < 4.78 is 6.36. The fourth-order valence-corrected chi connectivity index (χ4v) is 2.08. The Balaban J connectivity index is 2.12. The topological polar surface area (TPSA) is 95.2 Å². The van der Waals surface area contributed by atoms with Gasteiger partial charge in [0, 0.05) is 27.9 Å². The first-order chi connectivity index (χ1) is 9.54. The van der Waals surface area contributed by atoms with Gasteiger partial charge in [-0.15, -0.1) is 0 Å². The molecule has 0 aliphatic rings. The fourth-order valence-electron chi connectivity index (χ4n) is 1.83. The number of hydrogen-bond acceptors (Lipinski definition) is 5. The lowest BCUT2D eigenvalue weighted by Gasteiger charge is -1.99. The third kappa shape index (κ3) is 2.12. The van der Waals surface area contributed by atoms with Gasteiger partial charge in [-0.1, -0.05) is 0 Å². The van der Waals surface area contributed by atoms with Gasteiger partial charge in [-0.3, -0.25) is 10.1 Å². The molecule has 0 aliphatic heterocycles. The second-order valence-corrected chi connectivity index (χ2v) is 5.02. The van der Waals surface area contributed by atoms with Crippen LogP contribution in [-0.2, 0) is 0 Å². The van der Waals surface area contributed by atoms with Crippen molar-refractivity contribution in [1.82, 2.24) is 4.98 Å². The van der Waals surface area contributed by atoms with E-state index in [-0.39, 0.29) is 5.69 Å². The molecule has 0 saturated heterocycles. The summed E-state index contributed by atoms with van der Waals surface area (Å²) in [5, 5.41) is 10.7. The Labute approximate surface area is 121 Å². The largest absolute Gasteiger partial charge is 0.436 e. The first-order valence-corrected chi connectivity index (χ1v) is 6.44. The molecule has 0 atom stereocenters. The van der Waals surface area contributed by atoms with E-state index < -0.39 is 4.92 Å². The van der Waals surface area contributed by atoms with Crippen molar-refractivity contribution in [2.75, 3.05) is 5.73 Å². The quantitative estimate of drug-likeness (QED) is 0.437. The first kappa shape index (κ1) is 12.6. The molecule has 0 saturated carbocycles. The molecule has 0 unspecified atom stereocenters. The van der Waals surface area contributed by atoms with Gasteiger partial charge in [-0.25, -0.2) is 4.98 Å². The standard InChI is InChI=1S/C13H8BrN3O3/c14-9-3-1-7(5-10(9)15)13-16-11-6-8(17(18)19)2-4-12(11)20-13/h1-6H,15H2. The molecule has 0 spiro atoms. The number of aromatic nitrogens is 1. The summed E-state index contributed by atoms with van der Waals surface area (Å²) >= 11 is 3.31. The number of nitrogens with two attached hydrogens (primary N) is 1. The number of oxazole rings is 1. The fraction of sp³-hybridized carbons (Fsp3) is 0. The molecule has 0 amide bonds. The molecule has 2 aromatic carbocycles. The molecule has 2 N–H and O–H groups in total. The lowest BCUT2D eigenvalue weighted by molar-refractivity contribution is -0.384. The highest BCUT2D eigenvalue weighted by atomic mass is 79.9. The van der Waals surface area contributed by atoms with Gasteiger partial charge >= 0.3 is 0 Å². The summed E-state index contributed by atoms with van der Waals surface area (Å²) in [4.78, 5) is 14.5. The number of nitrogen functional groups attached to an aromatic ring is 1. The molecule has 3 aromatic rings. The van der Waals surface area contributed by atoms with Gasteiger partial charge in [0.05, 0.1) is 4.92 Å². The van der Waals surface area contributed by atoms with Crippen LogP contribution < -0.4 is 5.73 Å². The number of anilines is 1. The average molecular weight is 334 g/mol. The van der Waals surface area contributed by atoms with Gasteiger partial charge in [-0.2, -0.15) is 0 Å². The van der Waals surface area contributed by atoms with Crippen molar-refractivity contribution in [3.8, 4) is 11.5 Å². The molecule has 20 heavy (non-hydrogen) atoms. The molecule has 1 aromatic heterocycles.